The molecule has 16 heavy (non-hydrogen) atoms. The maximum atomic E-state index is 10.9. The molecule has 3 heteroatoms. The number of rotatable bonds is 2. The summed E-state index contributed by atoms with van der Waals surface area (Å²) in [6.45, 7) is 0. The highest BCUT2D eigenvalue weighted by atomic mass is 32.1. The molecule has 0 radical (unpaired) electrons. The molecule has 0 fully saturated rings. The summed E-state index contributed by atoms with van der Waals surface area (Å²) in [4.78, 5) is 11.7. The third-order valence-corrected chi connectivity index (χ3v) is 4.31. The van der Waals surface area contributed by atoms with Crippen LogP contribution in [0.15, 0.2) is 41.1 Å². The third-order valence-electron chi connectivity index (χ3n) is 2.57. The van der Waals surface area contributed by atoms with Gasteiger partial charge in [0.1, 0.15) is 0 Å². The lowest BCUT2D eigenvalue weighted by Gasteiger charge is -1.99. The molecule has 0 spiro atoms. The fourth-order valence-electron chi connectivity index (χ4n) is 1.78. The molecule has 78 valence electrons. The molecule has 2 aromatic heterocycles. The fraction of sp³-hybridized carbons (Fsp3) is 0. The molecule has 3 rings (SSSR count). The summed E-state index contributed by atoms with van der Waals surface area (Å²) < 4.78 is 1.28. The standard InChI is InChI=1S/C13H8OS2/c14-8-13-11(4-6-16-13)9-1-2-12-10(7-9)3-5-15-12/h1-8H. The lowest BCUT2D eigenvalue weighted by atomic mass is 10.1. The van der Waals surface area contributed by atoms with E-state index in [1.165, 1.54) is 21.4 Å². The van der Waals surface area contributed by atoms with E-state index in [1.54, 1.807) is 11.3 Å². The van der Waals surface area contributed by atoms with Crippen LogP contribution in [-0.4, -0.2) is 6.29 Å². The van der Waals surface area contributed by atoms with Gasteiger partial charge in [0.05, 0.1) is 4.88 Å². The molecule has 0 atom stereocenters. The van der Waals surface area contributed by atoms with Gasteiger partial charge in [-0.15, -0.1) is 22.7 Å². The zero-order valence-corrected chi connectivity index (χ0v) is 9.98. The molecular formula is C13H8OS2. The zero-order valence-electron chi connectivity index (χ0n) is 8.34. The van der Waals surface area contributed by atoms with Gasteiger partial charge in [0.25, 0.3) is 0 Å². The number of aldehydes is 1. The minimum atomic E-state index is 0.801. The topological polar surface area (TPSA) is 17.1 Å². The van der Waals surface area contributed by atoms with Gasteiger partial charge in [-0.2, -0.15) is 0 Å². The first-order chi connectivity index (χ1) is 7.88. The fourth-order valence-corrected chi connectivity index (χ4v) is 3.27. The van der Waals surface area contributed by atoms with Crippen molar-refractivity contribution in [3.8, 4) is 11.1 Å². The molecule has 0 amide bonds. The average Bonchev–Trinajstić information content (AvgIpc) is 2.96. The Morgan fingerprint density at radius 3 is 2.75 bits per heavy atom. The first-order valence-electron chi connectivity index (χ1n) is 4.89. The summed E-state index contributed by atoms with van der Waals surface area (Å²) in [5, 5.41) is 5.28. The van der Waals surface area contributed by atoms with E-state index in [1.807, 2.05) is 11.4 Å². The van der Waals surface area contributed by atoms with E-state index < -0.39 is 0 Å². The highest BCUT2D eigenvalue weighted by Crippen LogP contribution is 2.31. The summed E-state index contributed by atoms with van der Waals surface area (Å²) in [5.41, 5.74) is 2.15. The maximum absolute atomic E-state index is 10.9. The maximum Gasteiger partial charge on any atom is 0.160 e. The molecule has 0 N–H and O–H groups in total. The zero-order chi connectivity index (χ0) is 11.0. The Hall–Kier alpha value is -1.45. The first kappa shape index (κ1) is 9.75. The van der Waals surface area contributed by atoms with Crippen LogP contribution >= 0.6 is 22.7 Å². The van der Waals surface area contributed by atoms with E-state index >= 15 is 0 Å². The van der Waals surface area contributed by atoms with Crippen molar-refractivity contribution in [2.24, 2.45) is 0 Å². The van der Waals surface area contributed by atoms with Gasteiger partial charge >= 0.3 is 0 Å². The predicted octanol–water partition coefficient (Wildman–Crippen LogP) is 4.44. The van der Waals surface area contributed by atoms with Crippen LogP contribution in [0.5, 0.6) is 0 Å². The van der Waals surface area contributed by atoms with E-state index in [4.69, 9.17) is 0 Å². The van der Waals surface area contributed by atoms with Crippen LogP contribution in [0.25, 0.3) is 21.2 Å². The van der Waals surface area contributed by atoms with Crippen LogP contribution in [0.3, 0.4) is 0 Å². The molecule has 1 nitrogen and oxygen atoms in total. The van der Waals surface area contributed by atoms with E-state index in [-0.39, 0.29) is 0 Å². The highest BCUT2D eigenvalue weighted by Gasteiger charge is 2.06. The lowest BCUT2D eigenvalue weighted by Crippen LogP contribution is -1.79. The number of hydrogen-bond donors (Lipinski definition) is 0. The second kappa shape index (κ2) is 3.85. The van der Waals surface area contributed by atoms with Crippen LogP contribution in [0, 0.1) is 0 Å². The summed E-state index contributed by atoms with van der Waals surface area (Å²) in [6, 6.07) is 10.4. The van der Waals surface area contributed by atoms with Crippen LogP contribution in [0.1, 0.15) is 9.67 Å². The number of carbonyl (C=O) groups excluding carboxylic acids is 1. The van der Waals surface area contributed by atoms with Crippen molar-refractivity contribution in [1.29, 1.82) is 0 Å². The van der Waals surface area contributed by atoms with Gasteiger partial charge in [0.2, 0.25) is 0 Å². The van der Waals surface area contributed by atoms with E-state index in [2.05, 4.69) is 29.6 Å². The molecule has 2 heterocycles. The second-order valence-corrected chi connectivity index (χ2v) is 5.38. The van der Waals surface area contributed by atoms with Gasteiger partial charge in [0.15, 0.2) is 6.29 Å². The molecule has 0 unspecified atom stereocenters. The predicted molar refractivity (Wildman–Crippen MR) is 70.5 cm³/mol. The Morgan fingerprint density at radius 1 is 1.00 bits per heavy atom. The number of thiophene rings is 2. The van der Waals surface area contributed by atoms with Crippen molar-refractivity contribution >= 4 is 39.0 Å². The Balaban J connectivity index is 2.21. The van der Waals surface area contributed by atoms with Crippen LogP contribution < -0.4 is 0 Å². The minimum absolute atomic E-state index is 0.801. The summed E-state index contributed by atoms with van der Waals surface area (Å²) in [5.74, 6) is 0. The number of carbonyl (C=O) groups is 1. The molecular weight excluding hydrogens is 236 g/mol. The van der Waals surface area contributed by atoms with E-state index in [0.29, 0.717) is 0 Å². The normalized spacial score (nSPS) is 10.8. The molecule has 0 aliphatic rings. The van der Waals surface area contributed by atoms with Crippen molar-refractivity contribution in [1.82, 2.24) is 0 Å². The molecule has 1 aromatic carbocycles. The lowest BCUT2D eigenvalue weighted by molar-refractivity contribution is 0.112. The quantitative estimate of drug-likeness (QED) is 0.609. The smallest absolute Gasteiger partial charge is 0.160 e. The van der Waals surface area contributed by atoms with Crippen molar-refractivity contribution in [3.63, 3.8) is 0 Å². The van der Waals surface area contributed by atoms with Crippen molar-refractivity contribution in [3.05, 3.63) is 46.0 Å². The van der Waals surface area contributed by atoms with Gasteiger partial charge in [-0.05, 0) is 46.0 Å². The molecule has 3 aromatic rings. The second-order valence-electron chi connectivity index (χ2n) is 3.49. The van der Waals surface area contributed by atoms with Crippen LogP contribution in [-0.2, 0) is 0 Å². The largest absolute Gasteiger partial charge is 0.297 e. The first-order valence-corrected chi connectivity index (χ1v) is 6.65. The molecule has 0 aliphatic heterocycles. The third kappa shape index (κ3) is 1.49. The van der Waals surface area contributed by atoms with Crippen LogP contribution in [0.2, 0.25) is 0 Å². The SMILES string of the molecule is O=Cc1sccc1-c1ccc2sccc2c1. The van der Waals surface area contributed by atoms with Crippen molar-refractivity contribution in [2.45, 2.75) is 0 Å². The van der Waals surface area contributed by atoms with Gasteiger partial charge in [-0.1, -0.05) is 6.07 Å². The van der Waals surface area contributed by atoms with Gasteiger partial charge in [-0.3, -0.25) is 4.79 Å². The minimum Gasteiger partial charge on any atom is -0.297 e. The number of fused-ring (bicyclic) bond motifs is 1. The molecule has 0 bridgehead atoms. The molecule has 0 aliphatic carbocycles. The Labute approximate surface area is 101 Å². The van der Waals surface area contributed by atoms with E-state index in [9.17, 15) is 4.79 Å². The monoisotopic (exact) mass is 244 g/mol. The van der Waals surface area contributed by atoms with Gasteiger partial charge < -0.3 is 0 Å². The van der Waals surface area contributed by atoms with Gasteiger partial charge in [0, 0.05) is 10.3 Å². The summed E-state index contributed by atoms with van der Waals surface area (Å²) in [7, 11) is 0. The average molecular weight is 244 g/mol. The number of hydrogen-bond acceptors (Lipinski definition) is 3. The van der Waals surface area contributed by atoms with Crippen LogP contribution in [0.4, 0.5) is 0 Å². The molecule has 0 saturated heterocycles. The Kier molecular flexibility index (Phi) is 2.35. The summed E-state index contributed by atoms with van der Waals surface area (Å²) >= 11 is 3.22. The van der Waals surface area contributed by atoms with E-state index in [0.717, 1.165) is 22.3 Å². The van der Waals surface area contributed by atoms with Gasteiger partial charge in [-0.25, -0.2) is 0 Å². The number of benzene rings is 1. The molecule has 0 saturated carbocycles. The Morgan fingerprint density at radius 2 is 1.88 bits per heavy atom. The highest BCUT2D eigenvalue weighted by molar-refractivity contribution is 7.17. The summed E-state index contributed by atoms with van der Waals surface area (Å²) in [6.07, 6.45) is 0.928. The Bertz CT molecular complexity index is 649. The van der Waals surface area contributed by atoms with Crippen molar-refractivity contribution in [2.75, 3.05) is 0 Å². The van der Waals surface area contributed by atoms with Crippen molar-refractivity contribution < 1.29 is 4.79 Å².